The number of aromatic nitrogens is 2. The molecular weight excluding hydrogens is 310 g/mol. The Hall–Kier alpha value is -2.05. The van der Waals surface area contributed by atoms with Crippen LogP contribution in [0.2, 0.25) is 0 Å². The van der Waals surface area contributed by atoms with Gasteiger partial charge in [-0.15, -0.1) is 0 Å². The molecule has 0 radical (unpaired) electrons. The van der Waals surface area contributed by atoms with Crippen molar-refractivity contribution in [2.24, 2.45) is 5.92 Å². The van der Waals surface area contributed by atoms with Crippen molar-refractivity contribution in [3.63, 3.8) is 0 Å². The fourth-order valence-corrected chi connectivity index (χ4v) is 2.31. The van der Waals surface area contributed by atoms with Crippen LogP contribution in [0.3, 0.4) is 0 Å². The number of carboxylic acids is 1. The van der Waals surface area contributed by atoms with Crippen molar-refractivity contribution in [1.82, 2.24) is 14.9 Å². The van der Waals surface area contributed by atoms with Gasteiger partial charge in [0.15, 0.2) is 0 Å². The van der Waals surface area contributed by atoms with Crippen LogP contribution >= 0.6 is 0 Å². The first-order valence-corrected chi connectivity index (χ1v) is 8.41. The summed E-state index contributed by atoms with van der Waals surface area (Å²) in [6.45, 7) is 8.74. The van der Waals surface area contributed by atoms with E-state index in [9.17, 15) is 14.7 Å². The van der Waals surface area contributed by atoms with Gasteiger partial charge in [-0.25, -0.2) is 9.78 Å². The van der Waals surface area contributed by atoms with E-state index in [2.05, 4.69) is 17.2 Å². The van der Waals surface area contributed by atoms with Crippen molar-refractivity contribution in [3.8, 4) is 0 Å². The first kappa shape index (κ1) is 20.0. The van der Waals surface area contributed by atoms with Gasteiger partial charge in [-0.05, 0) is 40.0 Å². The van der Waals surface area contributed by atoms with Crippen molar-refractivity contribution < 1.29 is 19.4 Å². The lowest BCUT2D eigenvalue weighted by Crippen LogP contribution is -2.33. The van der Waals surface area contributed by atoms with E-state index in [0.717, 1.165) is 18.7 Å². The molecule has 1 heterocycles. The van der Waals surface area contributed by atoms with Crippen LogP contribution in [0, 0.1) is 5.92 Å². The summed E-state index contributed by atoms with van der Waals surface area (Å²) >= 11 is 0. The molecule has 7 nitrogen and oxygen atoms in total. The van der Waals surface area contributed by atoms with Crippen molar-refractivity contribution in [1.29, 1.82) is 0 Å². The summed E-state index contributed by atoms with van der Waals surface area (Å²) in [7, 11) is 0. The summed E-state index contributed by atoms with van der Waals surface area (Å²) in [4.78, 5) is 27.2. The Labute approximate surface area is 143 Å². The third-order valence-electron chi connectivity index (χ3n) is 3.37. The third kappa shape index (κ3) is 7.99. The number of carbonyl (C=O) groups is 2. The second-order valence-corrected chi connectivity index (χ2v) is 6.91. The molecule has 0 aromatic carbocycles. The molecule has 0 aliphatic heterocycles. The first-order valence-electron chi connectivity index (χ1n) is 8.41. The lowest BCUT2D eigenvalue weighted by molar-refractivity contribution is -0.142. The standard InChI is InChI=1S/C17H29N3O4/c1-5-9-20-11-14(19-12-20)10-13(15(21)22)7-6-8-18-16(23)24-17(2,3)4/h11-13H,5-10H2,1-4H3,(H,18,23)(H,21,22)/t13-/m0/s1. The number of ether oxygens (including phenoxy) is 1. The number of aliphatic carboxylic acids is 1. The molecule has 7 heteroatoms. The fourth-order valence-electron chi connectivity index (χ4n) is 2.31. The predicted molar refractivity (Wildman–Crippen MR) is 90.8 cm³/mol. The molecule has 0 fully saturated rings. The minimum absolute atomic E-state index is 0.392. The Bertz CT molecular complexity index is 534. The molecule has 0 aliphatic carbocycles. The van der Waals surface area contributed by atoms with Crippen LogP contribution in [0.5, 0.6) is 0 Å². The van der Waals surface area contributed by atoms with Crippen molar-refractivity contribution in [2.45, 2.75) is 65.5 Å². The van der Waals surface area contributed by atoms with Gasteiger partial charge in [-0.2, -0.15) is 0 Å². The summed E-state index contributed by atoms with van der Waals surface area (Å²) in [5.41, 5.74) is 0.251. The minimum Gasteiger partial charge on any atom is -0.481 e. The third-order valence-corrected chi connectivity index (χ3v) is 3.37. The van der Waals surface area contributed by atoms with Crippen LogP contribution in [-0.2, 0) is 22.5 Å². The van der Waals surface area contributed by atoms with E-state index in [0.29, 0.717) is 25.8 Å². The maximum absolute atomic E-state index is 11.5. The zero-order valence-electron chi connectivity index (χ0n) is 15.0. The van der Waals surface area contributed by atoms with E-state index >= 15 is 0 Å². The smallest absolute Gasteiger partial charge is 0.407 e. The summed E-state index contributed by atoms with van der Waals surface area (Å²) in [5.74, 6) is -1.34. The number of carboxylic acid groups (broad SMARTS) is 1. The number of hydrogen-bond donors (Lipinski definition) is 2. The highest BCUT2D eigenvalue weighted by Gasteiger charge is 2.20. The molecule has 1 aromatic rings. The number of alkyl carbamates (subject to hydrolysis) is 1. The fraction of sp³-hybridized carbons (Fsp3) is 0.706. The van der Waals surface area contributed by atoms with Crippen LogP contribution in [-0.4, -0.2) is 38.9 Å². The highest BCUT2D eigenvalue weighted by molar-refractivity contribution is 5.70. The molecule has 1 amide bonds. The number of imidazole rings is 1. The van der Waals surface area contributed by atoms with Crippen LogP contribution in [0.4, 0.5) is 4.79 Å². The molecule has 0 bridgehead atoms. The maximum Gasteiger partial charge on any atom is 0.407 e. The number of carbonyl (C=O) groups excluding carboxylic acids is 1. The summed E-state index contributed by atoms with van der Waals surface area (Å²) in [6.07, 6.45) is 5.62. The van der Waals surface area contributed by atoms with Crippen LogP contribution in [0.25, 0.3) is 0 Å². The van der Waals surface area contributed by atoms with Gasteiger partial charge in [0.1, 0.15) is 5.60 Å². The van der Waals surface area contributed by atoms with E-state index in [-0.39, 0.29) is 0 Å². The zero-order valence-corrected chi connectivity index (χ0v) is 15.0. The normalized spacial score (nSPS) is 12.7. The Kier molecular flexibility index (Phi) is 7.74. The molecule has 0 spiro atoms. The number of hydrogen-bond acceptors (Lipinski definition) is 4. The SMILES string of the molecule is CCCn1cnc(C[C@H](CCCNC(=O)OC(C)(C)C)C(=O)O)c1. The molecular formula is C17H29N3O4. The average Bonchev–Trinajstić information content (AvgIpc) is 2.88. The number of nitrogens with zero attached hydrogens (tertiary/aromatic N) is 2. The predicted octanol–water partition coefficient (Wildman–Crippen LogP) is 2.84. The van der Waals surface area contributed by atoms with E-state index in [1.165, 1.54) is 0 Å². The van der Waals surface area contributed by atoms with Crippen LogP contribution < -0.4 is 5.32 Å². The van der Waals surface area contributed by atoms with Gasteiger partial charge in [-0.3, -0.25) is 4.79 Å². The topological polar surface area (TPSA) is 93.5 Å². The number of amides is 1. The van der Waals surface area contributed by atoms with Gasteiger partial charge in [-0.1, -0.05) is 6.92 Å². The van der Waals surface area contributed by atoms with Crippen LogP contribution in [0.1, 0.15) is 52.7 Å². The second-order valence-electron chi connectivity index (χ2n) is 6.91. The van der Waals surface area contributed by atoms with Gasteiger partial charge >= 0.3 is 12.1 Å². The Morgan fingerprint density at radius 2 is 2.12 bits per heavy atom. The van der Waals surface area contributed by atoms with Gasteiger partial charge in [0.05, 0.1) is 17.9 Å². The highest BCUT2D eigenvalue weighted by Crippen LogP contribution is 2.14. The highest BCUT2D eigenvalue weighted by atomic mass is 16.6. The number of nitrogens with one attached hydrogen (secondary N) is 1. The van der Waals surface area contributed by atoms with E-state index in [1.54, 1.807) is 27.1 Å². The largest absolute Gasteiger partial charge is 0.481 e. The Morgan fingerprint density at radius 3 is 2.71 bits per heavy atom. The molecule has 0 saturated heterocycles. The van der Waals surface area contributed by atoms with E-state index < -0.39 is 23.6 Å². The van der Waals surface area contributed by atoms with E-state index in [1.807, 2.05) is 10.8 Å². The molecule has 0 saturated carbocycles. The Morgan fingerprint density at radius 1 is 1.42 bits per heavy atom. The minimum atomic E-state index is -0.836. The number of aryl methyl sites for hydroxylation is 1. The maximum atomic E-state index is 11.5. The van der Waals surface area contributed by atoms with Crippen LogP contribution in [0.15, 0.2) is 12.5 Å². The molecule has 0 aliphatic rings. The lowest BCUT2D eigenvalue weighted by atomic mass is 9.98. The monoisotopic (exact) mass is 339 g/mol. The van der Waals surface area contributed by atoms with Gasteiger partial charge in [0.2, 0.25) is 0 Å². The summed E-state index contributed by atoms with van der Waals surface area (Å²) in [5, 5.41) is 12.0. The van der Waals surface area contributed by atoms with Gasteiger partial charge in [0, 0.05) is 25.7 Å². The molecule has 0 unspecified atom stereocenters. The molecule has 24 heavy (non-hydrogen) atoms. The van der Waals surface area contributed by atoms with Crippen molar-refractivity contribution in [3.05, 3.63) is 18.2 Å². The molecule has 136 valence electrons. The van der Waals surface area contributed by atoms with Crippen molar-refractivity contribution >= 4 is 12.1 Å². The van der Waals surface area contributed by atoms with Crippen molar-refractivity contribution in [2.75, 3.05) is 6.54 Å². The molecule has 1 atom stereocenters. The first-order chi connectivity index (χ1) is 11.2. The lowest BCUT2D eigenvalue weighted by Gasteiger charge is -2.19. The summed E-state index contributed by atoms with van der Waals surface area (Å²) in [6, 6.07) is 0. The average molecular weight is 339 g/mol. The molecule has 1 rings (SSSR count). The molecule has 1 aromatic heterocycles. The van der Waals surface area contributed by atoms with Gasteiger partial charge < -0.3 is 19.7 Å². The second kappa shape index (κ2) is 9.30. The number of rotatable bonds is 9. The quantitative estimate of drug-likeness (QED) is 0.675. The van der Waals surface area contributed by atoms with E-state index in [4.69, 9.17) is 4.74 Å². The zero-order chi connectivity index (χ0) is 18.2. The Balaban J connectivity index is 2.38. The summed E-state index contributed by atoms with van der Waals surface area (Å²) < 4.78 is 7.10. The van der Waals surface area contributed by atoms with Gasteiger partial charge in [0.25, 0.3) is 0 Å². The molecule has 2 N–H and O–H groups in total.